The van der Waals surface area contributed by atoms with Gasteiger partial charge in [-0.3, -0.25) is 4.79 Å². The Hall–Kier alpha value is -2.17. The molecule has 0 aliphatic carbocycles. The normalized spacial score (nSPS) is 10.6. The molecule has 0 fully saturated rings. The van der Waals surface area contributed by atoms with Crippen molar-refractivity contribution in [1.82, 2.24) is 4.98 Å². The number of aryl methyl sites for hydroxylation is 1. The van der Waals surface area contributed by atoms with Crippen LogP contribution in [0.1, 0.15) is 16.1 Å². The summed E-state index contributed by atoms with van der Waals surface area (Å²) in [6, 6.07) is 3.95. The maximum Gasteiger partial charge on any atom is 0.352 e. The van der Waals surface area contributed by atoms with Crippen LogP contribution in [0.3, 0.4) is 0 Å². The number of halogens is 1. The highest BCUT2D eigenvalue weighted by Gasteiger charge is 2.12. The van der Waals surface area contributed by atoms with Gasteiger partial charge in [-0.2, -0.15) is 0 Å². The van der Waals surface area contributed by atoms with Gasteiger partial charge in [0.05, 0.1) is 5.39 Å². The SMILES string of the molecule is Cc1ccc(F)c2c(=O)[nH]c(C(=O)O)cc12. The van der Waals surface area contributed by atoms with Crippen LogP contribution in [0, 0.1) is 12.7 Å². The molecule has 0 atom stereocenters. The maximum atomic E-state index is 13.4. The van der Waals surface area contributed by atoms with E-state index in [1.807, 2.05) is 0 Å². The van der Waals surface area contributed by atoms with E-state index in [0.717, 1.165) is 0 Å². The summed E-state index contributed by atoms with van der Waals surface area (Å²) in [4.78, 5) is 24.4. The molecule has 4 nitrogen and oxygen atoms in total. The molecule has 5 heteroatoms. The smallest absolute Gasteiger partial charge is 0.352 e. The Morgan fingerprint density at radius 1 is 1.44 bits per heavy atom. The van der Waals surface area contributed by atoms with Gasteiger partial charge in [-0.1, -0.05) is 6.07 Å². The molecule has 0 unspecified atom stereocenters. The molecule has 1 aromatic carbocycles. The van der Waals surface area contributed by atoms with Gasteiger partial charge in [0.25, 0.3) is 5.56 Å². The minimum Gasteiger partial charge on any atom is -0.477 e. The van der Waals surface area contributed by atoms with Crippen LogP contribution >= 0.6 is 0 Å². The van der Waals surface area contributed by atoms with Crippen molar-refractivity contribution in [3.8, 4) is 0 Å². The number of carboxylic acid groups (broad SMARTS) is 1. The molecule has 2 rings (SSSR count). The van der Waals surface area contributed by atoms with Gasteiger partial charge in [0, 0.05) is 0 Å². The van der Waals surface area contributed by atoms with Gasteiger partial charge in [-0.15, -0.1) is 0 Å². The number of hydrogen-bond donors (Lipinski definition) is 2. The standard InChI is InChI=1S/C11H8FNO3/c1-5-2-3-7(12)9-6(5)4-8(11(15)16)13-10(9)14/h2-4H,1H3,(H,13,14)(H,15,16). The van der Waals surface area contributed by atoms with E-state index in [2.05, 4.69) is 4.98 Å². The summed E-state index contributed by atoms with van der Waals surface area (Å²) < 4.78 is 13.4. The summed E-state index contributed by atoms with van der Waals surface area (Å²) in [6.07, 6.45) is 0. The van der Waals surface area contributed by atoms with Crippen molar-refractivity contribution >= 4 is 16.7 Å². The topological polar surface area (TPSA) is 70.2 Å². The average molecular weight is 221 g/mol. The van der Waals surface area contributed by atoms with E-state index in [9.17, 15) is 14.0 Å². The predicted molar refractivity (Wildman–Crippen MR) is 56.2 cm³/mol. The molecule has 2 aromatic rings. The molecule has 0 saturated heterocycles. The lowest BCUT2D eigenvalue weighted by Gasteiger charge is -2.03. The number of H-pyrrole nitrogens is 1. The first-order valence-electron chi connectivity index (χ1n) is 4.56. The van der Waals surface area contributed by atoms with Gasteiger partial charge >= 0.3 is 5.97 Å². The van der Waals surface area contributed by atoms with Crippen molar-refractivity contribution in [1.29, 1.82) is 0 Å². The van der Waals surface area contributed by atoms with E-state index in [4.69, 9.17) is 5.11 Å². The highest BCUT2D eigenvalue weighted by atomic mass is 19.1. The van der Waals surface area contributed by atoms with Crippen molar-refractivity contribution < 1.29 is 14.3 Å². The molecule has 16 heavy (non-hydrogen) atoms. The number of carbonyl (C=O) groups is 1. The number of aromatic carboxylic acids is 1. The minimum atomic E-state index is -1.25. The molecule has 1 heterocycles. The Morgan fingerprint density at radius 3 is 2.75 bits per heavy atom. The third-order valence-electron chi connectivity index (χ3n) is 2.41. The lowest BCUT2D eigenvalue weighted by molar-refractivity contribution is 0.0690. The molecule has 0 aliphatic rings. The van der Waals surface area contributed by atoms with Crippen LogP contribution in [0.4, 0.5) is 4.39 Å². The molecule has 0 spiro atoms. The van der Waals surface area contributed by atoms with E-state index < -0.39 is 17.3 Å². The van der Waals surface area contributed by atoms with Gasteiger partial charge in [-0.25, -0.2) is 9.18 Å². The number of benzene rings is 1. The van der Waals surface area contributed by atoms with E-state index >= 15 is 0 Å². The Balaban J connectivity index is 2.98. The van der Waals surface area contributed by atoms with E-state index in [1.54, 1.807) is 6.92 Å². The fourth-order valence-electron chi connectivity index (χ4n) is 1.59. The third-order valence-corrected chi connectivity index (χ3v) is 2.41. The van der Waals surface area contributed by atoms with Crippen LogP contribution in [0.5, 0.6) is 0 Å². The Bertz CT molecular complexity index is 645. The van der Waals surface area contributed by atoms with E-state index in [0.29, 0.717) is 10.9 Å². The number of aromatic amines is 1. The second kappa shape index (κ2) is 3.44. The summed E-state index contributed by atoms with van der Waals surface area (Å²) in [5.74, 6) is -1.90. The molecule has 0 aliphatic heterocycles. The second-order valence-corrected chi connectivity index (χ2v) is 3.47. The molecular weight excluding hydrogens is 213 g/mol. The second-order valence-electron chi connectivity index (χ2n) is 3.47. The zero-order chi connectivity index (χ0) is 11.9. The molecule has 1 aromatic heterocycles. The van der Waals surface area contributed by atoms with Crippen LogP contribution in [0.2, 0.25) is 0 Å². The van der Waals surface area contributed by atoms with Gasteiger partial charge in [0.15, 0.2) is 0 Å². The predicted octanol–water partition coefficient (Wildman–Crippen LogP) is 1.67. The van der Waals surface area contributed by atoms with Gasteiger partial charge < -0.3 is 10.1 Å². The van der Waals surface area contributed by atoms with Gasteiger partial charge in [0.2, 0.25) is 0 Å². The largest absolute Gasteiger partial charge is 0.477 e. The molecule has 0 bridgehead atoms. The molecule has 82 valence electrons. The monoisotopic (exact) mass is 221 g/mol. The maximum absolute atomic E-state index is 13.4. The van der Waals surface area contributed by atoms with E-state index in [1.165, 1.54) is 18.2 Å². The van der Waals surface area contributed by atoms with Crippen molar-refractivity contribution in [2.24, 2.45) is 0 Å². The lowest BCUT2D eigenvalue weighted by Crippen LogP contribution is -2.14. The summed E-state index contributed by atoms with van der Waals surface area (Å²) >= 11 is 0. The molecule has 0 saturated carbocycles. The van der Waals surface area contributed by atoms with Crippen molar-refractivity contribution in [3.05, 3.63) is 45.6 Å². The number of rotatable bonds is 1. The lowest BCUT2D eigenvalue weighted by atomic mass is 10.1. The molecule has 0 amide bonds. The number of carboxylic acids is 1. The van der Waals surface area contributed by atoms with Crippen LogP contribution < -0.4 is 5.56 Å². The first-order valence-corrected chi connectivity index (χ1v) is 4.56. The summed E-state index contributed by atoms with van der Waals surface area (Å²) in [5, 5.41) is 8.98. The first kappa shape index (κ1) is 10.4. The third kappa shape index (κ3) is 1.46. The van der Waals surface area contributed by atoms with E-state index in [-0.39, 0.29) is 11.1 Å². The quantitative estimate of drug-likeness (QED) is 0.769. The zero-order valence-electron chi connectivity index (χ0n) is 8.37. The minimum absolute atomic E-state index is 0.106. The molecular formula is C11H8FNO3. The van der Waals surface area contributed by atoms with Crippen LogP contribution in [-0.2, 0) is 0 Å². The van der Waals surface area contributed by atoms with Gasteiger partial charge in [0.1, 0.15) is 11.5 Å². The van der Waals surface area contributed by atoms with Crippen molar-refractivity contribution in [3.63, 3.8) is 0 Å². The Labute approximate surface area is 89.3 Å². The highest BCUT2D eigenvalue weighted by Crippen LogP contribution is 2.18. The van der Waals surface area contributed by atoms with Crippen LogP contribution in [0.25, 0.3) is 10.8 Å². The number of aromatic nitrogens is 1. The summed E-state index contributed by atoms with van der Waals surface area (Å²) in [7, 11) is 0. The van der Waals surface area contributed by atoms with Crippen molar-refractivity contribution in [2.45, 2.75) is 6.92 Å². The van der Waals surface area contributed by atoms with Crippen molar-refractivity contribution in [2.75, 3.05) is 0 Å². The Morgan fingerprint density at radius 2 is 2.12 bits per heavy atom. The Kier molecular flexibility index (Phi) is 2.23. The highest BCUT2D eigenvalue weighted by molar-refractivity contribution is 5.93. The van der Waals surface area contributed by atoms with Crippen LogP contribution in [0.15, 0.2) is 23.0 Å². The number of hydrogen-bond acceptors (Lipinski definition) is 2. The summed E-state index contributed by atoms with van der Waals surface area (Å²) in [6.45, 7) is 1.69. The average Bonchev–Trinajstić information content (AvgIpc) is 2.22. The fourth-order valence-corrected chi connectivity index (χ4v) is 1.59. The fraction of sp³-hybridized carbons (Fsp3) is 0.0909. The number of pyridine rings is 1. The molecule has 0 radical (unpaired) electrons. The summed E-state index contributed by atoms with van der Waals surface area (Å²) in [5.41, 5.74) is -0.313. The number of nitrogens with one attached hydrogen (secondary N) is 1. The van der Waals surface area contributed by atoms with Crippen LogP contribution in [-0.4, -0.2) is 16.1 Å². The number of fused-ring (bicyclic) bond motifs is 1. The first-order chi connectivity index (χ1) is 7.50. The zero-order valence-corrected chi connectivity index (χ0v) is 8.37. The van der Waals surface area contributed by atoms with Gasteiger partial charge in [-0.05, 0) is 30.0 Å². The molecule has 2 N–H and O–H groups in total.